The molecule has 3 rings (SSSR count). The van der Waals surface area contributed by atoms with Gasteiger partial charge in [0.1, 0.15) is 12.4 Å². The molecule has 5 heteroatoms. The number of amides is 1. The van der Waals surface area contributed by atoms with E-state index in [2.05, 4.69) is 16.5 Å². The summed E-state index contributed by atoms with van der Waals surface area (Å²) in [7, 11) is 1.85. The van der Waals surface area contributed by atoms with Crippen molar-refractivity contribution in [3.05, 3.63) is 82.7 Å². The van der Waals surface area contributed by atoms with Crippen molar-refractivity contribution in [1.29, 1.82) is 0 Å². The Bertz CT molecular complexity index is 915. The Balaban J connectivity index is 1.62. The van der Waals surface area contributed by atoms with Crippen molar-refractivity contribution >= 4 is 5.91 Å². The Morgan fingerprint density at radius 3 is 2.77 bits per heavy atom. The average molecular weight is 349 g/mol. The minimum Gasteiger partial charge on any atom is -0.489 e. The maximum absolute atomic E-state index is 12.4. The van der Waals surface area contributed by atoms with Crippen LogP contribution in [0.15, 0.2) is 54.9 Å². The second-order valence-corrected chi connectivity index (χ2v) is 6.46. The first kappa shape index (κ1) is 17.7. The number of nitrogens with zero attached hydrogens (tertiary/aromatic N) is 2. The van der Waals surface area contributed by atoms with Crippen LogP contribution in [0.4, 0.5) is 0 Å². The summed E-state index contributed by atoms with van der Waals surface area (Å²) in [6.45, 7) is 4.94. The molecule has 2 aromatic carbocycles. The fraction of sp³-hybridized carbons (Fsp3) is 0.238. The van der Waals surface area contributed by atoms with E-state index in [4.69, 9.17) is 4.74 Å². The minimum atomic E-state index is -0.109. The van der Waals surface area contributed by atoms with Gasteiger partial charge in [-0.2, -0.15) is 5.10 Å². The van der Waals surface area contributed by atoms with E-state index in [1.54, 1.807) is 16.9 Å². The SMILES string of the molecule is Cc1ccc(C)c(OCc2cccc(C(=O)NCc3cnn(C)c3)c2)c1. The van der Waals surface area contributed by atoms with Crippen LogP contribution in [-0.4, -0.2) is 15.7 Å². The van der Waals surface area contributed by atoms with Crippen molar-refractivity contribution < 1.29 is 9.53 Å². The molecule has 0 aliphatic carbocycles. The number of rotatable bonds is 6. The Kier molecular flexibility index (Phi) is 5.37. The number of carbonyl (C=O) groups excluding carboxylic acids is 1. The first-order chi connectivity index (χ1) is 12.5. The summed E-state index contributed by atoms with van der Waals surface area (Å²) in [4.78, 5) is 12.4. The van der Waals surface area contributed by atoms with E-state index < -0.39 is 0 Å². The maximum Gasteiger partial charge on any atom is 0.251 e. The number of hydrogen-bond acceptors (Lipinski definition) is 3. The summed E-state index contributed by atoms with van der Waals surface area (Å²) >= 11 is 0. The summed E-state index contributed by atoms with van der Waals surface area (Å²) in [6.07, 6.45) is 3.63. The summed E-state index contributed by atoms with van der Waals surface area (Å²) in [5.41, 5.74) is 4.81. The Morgan fingerprint density at radius 1 is 1.15 bits per heavy atom. The van der Waals surface area contributed by atoms with Gasteiger partial charge in [0, 0.05) is 30.9 Å². The Labute approximate surface area is 153 Å². The number of hydrogen-bond donors (Lipinski definition) is 1. The highest BCUT2D eigenvalue weighted by molar-refractivity contribution is 5.94. The second kappa shape index (κ2) is 7.87. The van der Waals surface area contributed by atoms with Crippen LogP contribution in [0.5, 0.6) is 5.75 Å². The summed E-state index contributed by atoms with van der Waals surface area (Å²) < 4.78 is 7.64. The van der Waals surface area contributed by atoms with Crippen LogP contribution in [0.2, 0.25) is 0 Å². The van der Waals surface area contributed by atoms with Gasteiger partial charge in [0.2, 0.25) is 0 Å². The first-order valence-corrected chi connectivity index (χ1v) is 8.56. The van der Waals surface area contributed by atoms with Crippen LogP contribution in [0.3, 0.4) is 0 Å². The molecule has 0 aliphatic rings. The fourth-order valence-corrected chi connectivity index (χ4v) is 2.67. The van der Waals surface area contributed by atoms with Gasteiger partial charge in [0.25, 0.3) is 5.91 Å². The van der Waals surface area contributed by atoms with Gasteiger partial charge in [-0.1, -0.05) is 24.3 Å². The highest BCUT2D eigenvalue weighted by Crippen LogP contribution is 2.20. The van der Waals surface area contributed by atoms with Crippen LogP contribution in [-0.2, 0) is 20.2 Å². The highest BCUT2D eigenvalue weighted by atomic mass is 16.5. The van der Waals surface area contributed by atoms with Gasteiger partial charge < -0.3 is 10.1 Å². The van der Waals surface area contributed by atoms with E-state index in [9.17, 15) is 4.79 Å². The maximum atomic E-state index is 12.4. The molecule has 0 saturated heterocycles. The molecule has 1 aromatic heterocycles. The van der Waals surface area contributed by atoms with Crippen LogP contribution < -0.4 is 10.1 Å². The van der Waals surface area contributed by atoms with E-state index in [0.717, 1.165) is 28.0 Å². The number of nitrogens with one attached hydrogen (secondary N) is 1. The number of ether oxygens (including phenoxy) is 1. The summed E-state index contributed by atoms with van der Waals surface area (Å²) in [5, 5.41) is 7.01. The molecule has 0 saturated carbocycles. The van der Waals surface area contributed by atoms with E-state index in [-0.39, 0.29) is 5.91 Å². The highest BCUT2D eigenvalue weighted by Gasteiger charge is 2.08. The van der Waals surface area contributed by atoms with Gasteiger partial charge in [0.05, 0.1) is 6.20 Å². The lowest BCUT2D eigenvalue weighted by atomic mass is 10.1. The lowest BCUT2D eigenvalue weighted by Gasteiger charge is -2.11. The molecule has 3 aromatic rings. The minimum absolute atomic E-state index is 0.109. The van der Waals surface area contributed by atoms with Gasteiger partial charge in [-0.05, 0) is 48.7 Å². The summed E-state index contributed by atoms with van der Waals surface area (Å²) in [5.74, 6) is 0.763. The molecule has 0 unspecified atom stereocenters. The molecule has 0 aliphatic heterocycles. The third-order valence-corrected chi connectivity index (χ3v) is 4.14. The average Bonchev–Trinajstić information content (AvgIpc) is 3.06. The van der Waals surface area contributed by atoms with Crippen LogP contribution in [0.1, 0.15) is 32.6 Å². The largest absolute Gasteiger partial charge is 0.489 e. The van der Waals surface area contributed by atoms with Crippen molar-refractivity contribution in [1.82, 2.24) is 15.1 Å². The predicted molar refractivity (Wildman–Crippen MR) is 101 cm³/mol. The van der Waals surface area contributed by atoms with Gasteiger partial charge in [-0.3, -0.25) is 9.48 Å². The Hall–Kier alpha value is -3.08. The van der Waals surface area contributed by atoms with E-state index >= 15 is 0 Å². The Morgan fingerprint density at radius 2 is 2.00 bits per heavy atom. The molecule has 1 amide bonds. The number of aromatic nitrogens is 2. The molecule has 1 N–H and O–H groups in total. The van der Waals surface area contributed by atoms with Crippen LogP contribution in [0, 0.1) is 13.8 Å². The van der Waals surface area contributed by atoms with E-state index in [0.29, 0.717) is 18.7 Å². The number of benzene rings is 2. The standard InChI is InChI=1S/C21H23N3O2/c1-15-7-8-16(2)20(9-15)26-14-17-5-4-6-19(10-17)21(25)22-11-18-12-23-24(3)13-18/h4-10,12-13H,11,14H2,1-3H3,(H,22,25). The fourth-order valence-electron chi connectivity index (χ4n) is 2.67. The topological polar surface area (TPSA) is 56.1 Å². The third kappa shape index (κ3) is 4.51. The molecule has 0 fully saturated rings. The molecular weight excluding hydrogens is 326 g/mol. The predicted octanol–water partition coefficient (Wildman–Crippen LogP) is 3.55. The molecule has 0 radical (unpaired) electrons. The quantitative estimate of drug-likeness (QED) is 0.740. The van der Waals surface area contributed by atoms with Crippen molar-refractivity contribution in [3.63, 3.8) is 0 Å². The number of aryl methyl sites for hydroxylation is 3. The van der Waals surface area contributed by atoms with E-state index in [1.165, 1.54) is 0 Å². The molecule has 0 atom stereocenters. The second-order valence-electron chi connectivity index (χ2n) is 6.46. The van der Waals surface area contributed by atoms with Gasteiger partial charge >= 0.3 is 0 Å². The van der Waals surface area contributed by atoms with Crippen molar-refractivity contribution in [2.24, 2.45) is 7.05 Å². The molecule has 26 heavy (non-hydrogen) atoms. The zero-order valence-electron chi connectivity index (χ0n) is 15.3. The van der Waals surface area contributed by atoms with Gasteiger partial charge in [-0.15, -0.1) is 0 Å². The monoisotopic (exact) mass is 349 g/mol. The first-order valence-electron chi connectivity index (χ1n) is 8.56. The van der Waals surface area contributed by atoms with Gasteiger partial charge in [0.15, 0.2) is 0 Å². The zero-order valence-corrected chi connectivity index (χ0v) is 15.3. The van der Waals surface area contributed by atoms with Crippen LogP contribution >= 0.6 is 0 Å². The molecule has 0 spiro atoms. The third-order valence-electron chi connectivity index (χ3n) is 4.14. The molecule has 5 nitrogen and oxygen atoms in total. The zero-order chi connectivity index (χ0) is 18.5. The van der Waals surface area contributed by atoms with E-state index in [1.807, 2.05) is 57.4 Å². The smallest absolute Gasteiger partial charge is 0.251 e. The lowest BCUT2D eigenvalue weighted by Crippen LogP contribution is -2.22. The van der Waals surface area contributed by atoms with Gasteiger partial charge in [-0.25, -0.2) is 0 Å². The van der Waals surface area contributed by atoms with Crippen molar-refractivity contribution in [3.8, 4) is 5.75 Å². The molecular formula is C21H23N3O2. The molecule has 134 valence electrons. The normalized spacial score (nSPS) is 10.6. The summed E-state index contributed by atoms with van der Waals surface area (Å²) in [6, 6.07) is 13.6. The van der Waals surface area contributed by atoms with Crippen LogP contribution in [0.25, 0.3) is 0 Å². The van der Waals surface area contributed by atoms with Crippen molar-refractivity contribution in [2.45, 2.75) is 27.0 Å². The molecule has 1 heterocycles. The van der Waals surface area contributed by atoms with Crippen molar-refractivity contribution in [2.75, 3.05) is 0 Å². The molecule has 0 bridgehead atoms. The lowest BCUT2D eigenvalue weighted by molar-refractivity contribution is 0.0950. The number of carbonyl (C=O) groups is 1.